The molecule has 0 saturated carbocycles. The normalized spacial score (nSPS) is 10.3. The first-order valence-electron chi connectivity index (χ1n) is 5.57. The molecule has 1 N–H and O–H groups in total. The molecule has 2 aromatic heterocycles. The van der Waals surface area contributed by atoms with Crippen molar-refractivity contribution in [2.45, 2.75) is 0 Å². The van der Waals surface area contributed by atoms with E-state index in [1.54, 1.807) is 29.6 Å². The number of hydrogen-bond donors (Lipinski definition) is 1. The number of hydrogen-bond acceptors (Lipinski definition) is 4. The number of rotatable bonds is 2. The van der Waals surface area contributed by atoms with Crippen molar-refractivity contribution < 1.29 is 4.79 Å². The zero-order chi connectivity index (χ0) is 13.1. The molecule has 0 saturated heterocycles. The Hall–Kier alpha value is -2.96. The molecule has 0 aliphatic rings. The molecule has 3 rings (SSSR count). The molecule has 0 aliphatic carbocycles. The maximum atomic E-state index is 11.9. The van der Waals surface area contributed by atoms with E-state index in [0.29, 0.717) is 5.69 Å². The van der Waals surface area contributed by atoms with E-state index in [1.165, 1.54) is 10.9 Å². The van der Waals surface area contributed by atoms with E-state index in [2.05, 4.69) is 20.5 Å². The zero-order valence-corrected chi connectivity index (χ0v) is 9.84. The first-order chi connectivity index (χ1) is 9.33. The zero-order valence-electron chi connectivity index (χ0n) is 9.84. The fraction of sp³-hybridized carbons (Fsp3) is 0. The van der Waals surface area contributed by atoms with Crippen LogP contribution in [0.3, 0.4) is 0 Å². The molecule has 3 aromatic rings. The van der Waals surface area contributed by atoms with Gasteiger partial charge in [0.1, 0.15) is 19.0 Å². The molecule has 0 radical (unpaired) electrons. The second kappa shape index (κ2) is 4.73. The Balaban J connectivity index is 1.82. The van der Waals surface area contributed by atoms with E-state index in [1.807, 2.05) is 24.3 Å². The van der Waals surface area contributed by atoms with Crippen molar-refractivity contribution in [3.63, 3.8) is 0 Å². The van der Waals surface area contributed by atoms with E-state index in [4.69, 9.17) is 0 Å². The topological polar surface area (TPSA) is 77.6 Å². The third kappa shape index (κ3) is 2.34. The van der Waals surface area contributed by atoms with Gasteiger partial charge in [-0.3, -0.25) is 9.13 Å². The predicted molar refractivity (Wildman–Crippen MR) is 68.0 cm³/mol. The van der Waals surface area contributed by atoms with Gasteiger partial charge in [-0.2, -0.15) is 0 Å². The molecule has 2 heterocycles. The van der Waals surface area contributed by atoms with Crippen molar-refractivity contribution in [3.05, 3.63) is 55.6 Å². The van der Waals surface area contributed by atoms with Gasteiger partial charge in [-0.15, -0.1) is 10.2 Å². The van der Waals surface area contributed by atoms with E-state index in [-0.39, 0.29) is 6.03 Å². The highest BCUT2D eigenvalue weighted by Gasteiger charge is 2.05. The molecule has 0 unspecified atom stereocenters. The van der Waals surface area contributed by atoms with Gasteiger partial charge in [0.25, 0.3) is 0 Å². The SMILES string of the molecule is O=C(Nc1cccc(-n2cnnc2)c1)n1ccnc1. The summed E-state index contributed by atoms with van der Waals surface area (Å²) < 4.78 is 3.12. The molecule has 19 heavy (non-hydrogen) atoms. The summed E-state index contributed by atoms with van der Waals surface area (Å²) in [6.45, 7) is 0. The molecule has 0 atom stereocenters. The van der Waals surface area contributed by atoms with Crippen molar-refractivity contribution in [1.82, 2.24) is 24.3 Å². The molecule has 1 amide bonds. The van der Waals surface area contributed by atoms with Crippen LogP contribution in [-0.2, 0) is 0 Å². The Morgan fingerprint density at radius 3 is 2.74 bits per heavy atom. The highest BCUT2D eigenvalue weighted by Crippen LogP contribution is 2.14. The Labute approximate surface area is 108 Å². The Morgan fingerprint density at radius 1 is 1.16 bits per heavy atom. The average molecular weight is 254 g/mol. The van der Waals surface area contributed by atoms with Crippen LogP contribution in [0.4, 0.5) is 10.5 Å². The molecule has 0 aliphatic heterocycles. The van der Waals surface area contributed by atoms with E-state index >= 15 is 0 Å². The number of nitrogens with zero attached hydrogens (tertiary/aromatic N) is 5. The summed E-state index contributed by atoms with van der Waals surface area (Å²) in [6, 6.07) is 7.12. The quantitative estimate of drug-likeness (QED) is 0.752. The predicted octanol–water partition coefficient (Wildman–Crippen LogP) is 1.54. The minimum atomic E-state index is -0.265. The number of aromatic nitrogens is 5. The number of carbonyl (C=O) groups excluding carboxylic acids is 1. The van der Waals surface area contributed by atoms with Gasteiger partial charge in [-0.25, -0.2) is 9.78 Å². The smallest absolute Gasteiger partial charge is 0.307 e. The summed E-state index contributed by atoms with van der Waals surface area (Å²) in [7, 11) is 0. The fourth-order valence-electron chi connectivity index (χ4n) is 1.65. The molecule has 7 nitrogen and oxygen atoms in total. The Morgan fingerprint density at radius 2 is 2.00 bits per heavy atom. The molecule has 0 fully saturated rings. The second-order valence-electron chi connectivity index (χ2n) is 3.82. The lowest BCUT2D eigenvalue weighted by molar-refractivity contribution is 0.253. The highest BCUT2D eigenvalue weighted by molar-refractivity contribution is 5.91. The van der Waals surface area contributed by atoms with Crippen molar-refractivity contribution in [1.29, 1.82) is 0 Å². The minimum absolute atomic E-state index is 0.265. The van der Waals surface area contributed by atoms with Crippen LogP contribution < -0.4 is 5.32 Å². The lowest BCUT2D eigenvalue weighted by Crippen LogP contribution is -2.17. The lowest BCUT2D eigenvalue weighted by atomic mass is 10.3. The van der Waals surface area contributed by atoms with Crippen LogP contribution in [-0.4, -0.2) is 30.3 Å². The van der Waals surface area contributed by atoms with Crippen LogP contribution in [0.15, 0.2) is 55.6 Å². The number of imidazole rings is 1. The lowest BCUT2D eigenvalue weighted by Gasteiger charge is -2.07. The number of nitrogens with one attached hydrogen (secondary N) is 1. The highest BCUT2D eigenvalue weighted by atomic mass is 16.2. The first-order valence-corrected chi connectivity index (χ1v) is 5.57. The molecule has 94 valence electrons. The molecule has 0 spiro atoms. The minimum Gasteiger partial charge on any atom is -0.307 e. The van der Waals surface area contributed by atoms with Gasteiger partial charge in [0.15, 0.2) is 0 Å². The number of amides is 1. The third-order valence-corrected chi connectivity index (χ3v) is 2.55. The van der Waals surface area contributed by atoms with Crippen molar-refractivity contribution in [2.75, 3.05) is 5.32 Å². The summed E-state index contributed by atoms with van der Waals surface area (Å²) in [5.74, 6) is 0. The van der Waals surface area contributed by atoms with Gasteiger partial charge < -0.3 is 5.32 Å². The average Bonchev–Trinajstić information content (AvgIpc) is 3.13. The summed E-state index contributed by atoms with van der Waals surface area (Å²) in [5.41, 5.74) is 1.55. The second-order valence-corrected chi connectivity index (χ2v) is 3.82. The summed E-state index contributed by atoms with van der Waals surface area (Å²) in [4.78, 5) is 15.7. The van der Waals surface area contributed by atoms with Crippen molar-refractivity contribution >= 4 is 11.7 Å². The Kier molecular flexibility index (Phi) is 2.77. The molecular weight excluding hydrogens is 244 g/mol. The van der Waals surface area contributed by atoms with Gasteiger partial charge in [0, 0.05) is 18.1 Å². The summed E-state index contributed by atoms with van der Waals surface area (Å²) in [5, 5.41) is 10.3. The van der Waals surface area contributed by atoms with Crippen LogP contribution >= 0.6 is 0 Å². The third-order valence-electron chi connectivity index (χ3n) is 2.55. The standard InChI is InChI=1S/C12H10N6O/c19-12(17-5-4-13-7-17)16-10-2-1-3-11(6-10)18-8-14-15-9-18/h1-9H,(H,16,19). The van der Waals surface area contributed by atoms with Crippen LogP contribution in [0.5, 0.6) is 0 Å². The maximum absolute atomic E-state index is 11.9. The summed E-state index contributed by atoms with van der Waals surface area (Å²) >= 11 is 0. The van der Waals surface area contributed by atoms with Gasteiger partial charge in [-0.1, -0.05) is 6.07 Å². The van der Waals surface area contributed by atoms with E-state index in [9.17, 15) is 4.79 Å². The molecule has 0 bridgehead atoms. The monoisotopic (exact) mass is 254 g/mol. The molecule has 1 aromatic carbocycles. The first kappa shape index (κ1) is 11.1. The van der Waals surface area contributed by atoms with Crippen LogP contribution in [0.2, 0.25) is 0 Å². The van der Waals surface area contributed by atoms with E-state index < -0.39 is 0 Å². The molecule has 7 heteroatoms. The number of benzene rings is 1. The largest absolute Gasteiger partial charge is 0.331 e. The van der Waals surface area contributed by atoms with Gasteiger partial charge in [-0.05, 0) is 18.2 Å². The van der Waals surface area contributed by atoms with Crippen molar-refractivity contribution in [3.8, 4) is 5.69 Å². The molecular formula is C12H10N6O. The van der Waals surface area contributed by atoms with Crippen molar-refractivity contribution in [2.24, 2.45) is 0 Å². The van der Waals surface area contributed by atoms with E-state index in [0.717, 1.165) is 5.69 Å². The van der Waals surface area contributed by atoms with Gasteiger partial charge in [0.05, 0.1) is 5.69 Å². The Bertz CT molecular complexity index is 674. The fourth-order valence-corrected chi connectivity index (χ4v) is 1.65. The van der Waals surface area contributed by atoms with Gasteiger partial charge >= 0.3 is 6.03 Å². The number of anilines is 1. The summed E-state index contributed by atoms with van der Waals surface area (Å²) in [6.07, 6.45) is 7.76. The van der Waals surface area contributed by atoms with Crippen LogP contribution in [0.25, 0.3) is 5.69 Å². The maximum Gasteiger partial charge on any atom is 0.331 e. The van der Waals surface area contributed by atoms with Gasteiger partial charge in [0.2, 0.25) is 0 Å². The van der Waals surface area contributed by atoms with Crippen LogP contribution in [0.1, 0.15) is 0 Å². The van der Waals surface area contributed by atoms with Crippen LogP contribution in [0, 0.1) is 0 Å². The number of carbonyl (C=O) groups is 1.